The van der Waals surface area contributed by atoms with Crippen LogP contribution in [-0.2, 0) is 4.79 Å². The molecule has 2 aliphatic rings. The van der Waals surface area contributed by atoms with E-state index in [2.05, 4.69) is 17.4 Å². The van der Waals surface area contributed by atoms with Gasteiger partial charge in [-0.25, -0.2) is 0 Å². The van der Waals surface area contributed by atoms with Crippen molar-refractivity contribution < 1.29 is 10.0 Å². The number of nitrogens with zero attached hydrogens (tertiary/aromatic N) is 1. The molecule has 2 rings (SSSR count). The van der Waals surface area contributed by atoms with Crippen LogP contribution in [0.3, 0.4) is 0 Å². The van der Waals surface area contributed by atoms with Crippen molar-refractivity contribution in [2.75, 3.05) is 0 Å². The third-order valence-corrected chi connectivity index (χ3v) is 4.05. The molecule has 4 N–H and O–H groups in total. The number of nitrogens with two attached hydrogens (primary N) is 1. The first kappa shape index (κ1) is 12.2. The minimum Gasteiger partial charge on any atom is -0.409 e. The van der Waals surface area contributed by atoms with Crippen molar-refractivity contribution in [3.63, 3.8) is 0 Å². The standard InChI is InChI=1S/C12H21N3O2/c1-8-3-2-4-9(7-8)14-11(16)12(5-6-12)10(13)15-17/h8-9,17H,2-7H2,1H3,(H2,13,15)(H,14,16). The fourth-order valence-corrected chi connectivity index (χ4v) is 2.71. The lowest BCUT2D eigenvalue weighted by Gasteiger charge is -2.28. The Labute approximate surface area is 101 Å². The molecule has 5 heteroatoms. The van der Waals surface area contributed by atoms with Gasteiger partial charge in [-0.15, -0.1) is 0 Å². The highest BCUT2D eigenvalue weighted by Crippen LogP contribution is 2.46. The van der Waals surface area contributed by atoms with Gasteiger partial charge in [0.05, 0.1) is 0 Å². The van der Waals surface area contributed by atoms with Crippen LogP contribution in [0.15, 0.2) is 5.16 Å². The average Bonchev–Trinajstić information content (AvgIpc) is 3.09. The number of carbonyl (C=O) groups is 1. The summed E-state index contributed by atoms with van der Waals surface area (Å²) in [5.74, 6) is 0.666. The molecule has 96 valence electrons. The molecule has 0 saturated heterocycles. The number of rotatable bonds is 3. The van der Waals surface area contributed by atoms with E-state index in [4.69, 9.17) is 10.9 Å². The van der Waals surface area contributed by atoms with Crippen LogP contribution in [0.25, 0.3) is 0 Å². The van der Waals surface area contributed by atoms with Crippen molar-refractivity contribution >= 4 is 11.7 Å². The Morgan fingerprint density at radius 3 is 2.71 bits per heavy atom. The smallest absolute Gasteiger partial charge is 0.234 e. The number of amidine groups is 1. The molecule has 0 radical (unpaired) electrons. The van der Waals surface area contributed by atoms with Gasteiger partial charge in [0.25, 0.3) is 0 Å². The van der Waals surface area contributed by atoms with E-state index in [9.17, 15) is 4.79 Å². The fraction of sp³-hybridized carbons (Fsp3) is 0.833. The topological polar surface area (TPSA) is 87.7 Å². The summed E-state index contributed by atoms with van der Waals surface area (Å²) in [7, 11) is 0. The van der Waals surface area contributed by atoms with Gasteiger partial charge in [-0.05, 0) is 31.6 Å². The molecule has 0 aliphatic heterocycles. The van der Waals surface area contributed by atoms with Crippen molar-refractivity contribution in [2.24, 2.45) is 22.2 Å². The van der Waals surface area contributed by atoms with Gasteiger partial charge in [-0.1, -0.05) is 24.9 Å². The van der Waals surface area contributed by atoms with E-state index in [1.807, 2.05) is 0 Å². The van der Waals surface area contributed by atoms with Crippen LogP contribution in [0, 0.1) is 11.3 Å². The van der Waals surface area contributed by atoms with Crippen molar-refractivity contribution in [2.45, 2.75) is 51.5 Å². The Morgan fingerprint density at radius 2 is 2.18 bits per heavy atom. The van der Waals surface area contributed by atoms with Crippen molar-refractivity contribution in [1.29, 1.82) is 0 Å². The minimum absolute atomic E-state index is 0.0545. The zero-order valence-corrected chi connectivity index (χ0v) is 10.3. The molecule has 2 aliphatic carbocycles. The molecule has 0 bridgehead atoms. The zero-order valence-electron chi connectivity index (χ0n) is 10.3. The molecule has 1 amide bonds. The Morgan fingerprint density at radius 1 is 1.47 bits per heavy atom. The fourth-order valence-electron chi connectivity index (χ4n) is 2.71. The first-order valence-electron chi connectivity index (χ1n) is 6.37. The Hall–Kier alpha value is -1.26. The molecule has 0 heterocycles. The SMILES string of the molecule is CC1CCCC(NC(=O)C2(C(N)=NO)CC2)C1. The highest BCUT2D eigenvalue weighted by atomic mass is 16.4. The van der Waals surface area contributed by atoms with E-state index < -0.39 is 5.41 Å². The lowest BCUT2D eigenvalue weighted by atomic mass is 9.86. The first-order chi connectivity index (χ1) is 8.08. The van der Waals surface area contributed by atoms with Gasteiger partial charge in [0.15, 0.2) is 5.84 Å². The summed E-state index contributed by atoms with van der Waals surface area (Å²) in [5.41, 5.74) is 4.87. The number of hydrogen-bond acceptors (Lipinski definition) is 3. The van der Waals surface area contributed by atoms with E-state index >= 15 is 0 Å². The lowest BCUT2D eigenvalue weighted by molar-refractivity contribution is -0.125. The number of amides is 1. The van der Waals surface area contributed by atoms with Gasteiger partial charge in [0.1, 0.15) is 5.41 Å². The summed E-state index contributed by atoms with van der Waals surface area (Å²) in [5, 5.41) is 14.7. The molecule has 0 aromatic rings. The van der Waals surface area contributed by atoms with Crippen LogP contribution in [0.4, 0.5) is 0 Å². The van der Waals surface area contributed by atoms with Gasteiger partial charge >= 0.3 is 0 Å². The predicted molar refractivity (Wildman–Crippen MR) is 64.6 cm³/mol. The van der Waals surface area contributed by atoms with Crippen LogP contribution in [0.5, 0.6) is 0 Å². The molecule has 2 unspecified atom stereocenters. The lowest BCUT2D eigenvalue weighted by Crippen LogP contribution is -2.46. The number of hydrogen-bond donors (Lipinski definition) is 3. The highest BCUT2D eigenvalue weighted by Gasteiger charge is 2.54. The quantitative estimate of drug-likeness (QED) is 0.299. The normalized spacial score (nSPS) is 31.9. The van der Waals surface area contributed by atoms with Crippen molar-refractivity contribution in [3.05, 3.63) is 0 Å². The second kappa shape index (κ2) is 4.55. The van der Waals surface area contributed by atoms with Crippen LogP contribution in [0.1, 0.15) is 45.4 Å². The van der Waals surface area contributed by atoms with Gasteiger partial charge in [0.2, 0.25) is 5.91 Å². The van der Waals surface area contributed by atoms with Crippen molar-refractivity contribution in [1.82, 2.24) is 5.32 Å². The van der Waals surface area contributed by atoms with E-state index in [-0.39, 0.29) is 17.8 Å². The van der Waals surface area contributed by atoms with E-state index in [0.717, 1.165) is 12.8 Å². The van der Waals surface area contributed by atoms with Crippen LogP contribution >= 0.6 is 0 Å². The van der Waals surface area contributed by atoms with E-state index in [0.29, 0.717) is 18.8 Å². The maximum atomic E-state index is 12.1. The zero-order chi connectivity index (χ0) is 12.5. The van der Waals surface area contributed by atoms with Crippen LogP contribution in [-0.4, -0.2) is 23.0 Å². The summed E-state index contributed by atoms with van der Waals surface area (Å²) < 4.78 is 0. The summed E-state index contributed by atoms with van der Waals surface area (Å²) in [6.45, 7) is 2.22. The largest absolute Gasteiger partial charge is 0.409 e. The van der Waals surface area contributed by atoms with Gasteiger partial charge < -0.3 is 16.3 Å². The summed E-state index contributed by atoms with van der Waals surface area (Å²) in [6, 6.07) is 0.259. The second-order valence-electron chi connectivity index (χ2n) is 5.51. The summed E-state index contributed by atoms with van der Waals surface area (Å²) in [6.07, 6.45) is 5.88. The summed E-state index contributed by atoms with van der Waals surface area (Å²) >= 11 is 0. The first-order valence-corrected chi connectivity index (χ1v) is 6.37. The molecule has 2 fully saturated rings. The maximum Gasteiger partial charge on any atom is 0.234 e. The molecular weight excluding hydrogens is 218 g/mol. The predicted octanol–water partition coefficient (Wildman–Crippen LogP) is 1.21. The molecular formula is C12H21N3O2. The summed E-state index contributed by atoms with van der Waals surface area (Å²) in [4.78, 5) is 12.1. The molecule has 0 aromatic heterocycles. The van der Waals surface area contributed by atoms with Gasteiger partial charge in [-0.3, -0.25) is 4.79 Å². The monoisotopic (exact) mass is 239 g/mol. The molecule has 2 atom stereocenters. The third kappa shape index (κ3) is 2.37. The van der Waals surface area contributed by atoms with Crippen LogP contribution in [0.2, 0.25) is 0 Å². The Kier molecular flexibility index (Phi) is 3.26. The average molecular weight is 239 g/mol. The molecule has 5 nitrogen and oxygen atoms in total. The van der Waals surface area contributed by atoms with Gasteiger partial charge in [0, 0.05) is 6.04 Å². The highest BCUT2D eigenvalue weighted by molar-refractivity contribution is 6.09. The van der Waals surface area contributed by atoms with Gasteiger partial charge in [-0.2, -0.15) is 0 Å². The third-order valence-electron chi connectivity index (χ3n) is 4.05. The van der Waals surface area contributed by atoms with Crippen molar-refractivity contribution in [3.8, 4) is 0 Å². The molecule has 17 heavy (non-hydrogen) atoms. The second-order valence-corrected chi connectivity index (χ2v) is 5.51. The maximum absolute atomic E-state index is 12.1. The number of nitrogens with one attached hydrogen (secondary N) is 1. The molecule has 0 spiro atoms. The minimum atomic E-state index is -0.713. The Balaban J connectivity index is 1.93. The number of carbonyl (C=O) groups excluding carboxylic acids is 1. The number of oxime groups is 1. The Bertz CT molecular complexity index is 337. The van der Waals surface area contributed by atoms with Crippen LogP contribution < -0.4 is 11.1 Å². The van der Waals surface area contributed by atoms with E-state index in [1.54, 1.807) is 0 Å². The molecule has 0 aromatic carbocycles. The van der Waals surface area contributed by atoms with E-state index in [1.165, 1.54) is 12.8 Å². The molecule has 2 saturated carbocycles.